The standard InChI is InChI=1S/C36H35F4N6O5.C5H7N2.Mn/c1-35-12-21(37)15-45(17-35)32-26-14-41-30(29(40)31(26)42-33(43-32)50-18-36-7-3-8-46(36)16-22(38)13-36)25-11-23(51-19-47)10-20-5-6-27(39)24(28(20)25)4-2-9-49-34(48)44-35;1-5-3-4-7(2)6-5;/h5-6,10-11,14,21-22H,2-4,7-9,12-13,15-18H2,1H3,(H,44,48);3-4H,1H2,2H3;/q2*-1;+2/t21-,22-,35-,36+;;/m1../s1. The molecule has 0 aliphatic carbocycles. The van der Waals surface area contributed by atoms with E-state index < -0.39 is 41.1 Å². The summed E-state index contributed by atoms with van der Waals surface area (Å²) in [6.45, 7) is 7.64. The maximum atomic E-state index is 17.1. The van der Waals surface area contributed by atoms with Gasteiger partial charge in [0.2, 0.25) is 0 Å². The van der Waals surface area contributed by atoms with Crippen LogP contribution in [-0.4, -0.2) is 105 Å². The Morgan fingerprint density at radius 3 is 2.66 bits per heavy atom. The van der Waals surface area contributed by atoms with Gasteiger partial charge in [-0.15, -0.1) is 0 Å². The Hall–Kier alpha value is -5.19. The van der Waals surface area contributed by atoms with Crippen LogP contribution in [0, 0.1) is 18.6 Å². The molecule has 5 aliphatic heterocycles. The van der Waals surface area contributed by atoms with Gasteiger partial charge in [-0.2, -0.15) is 16.0 Å². The predicted molar refractivity (Wildman–Crippen MR) is 206 cm³/mol. The molecule has 13 nitrogen and oxygen atoms in total. The molecule has 1 N–H and O–H groups in total. The minimum Gasteiger partial charge on any atom is -0.610 e. The van der Waals surface area contributed by atoms with E-state index in [0.29, 0.717) is 23.7 Å². The number of aromatic nitrogens is 5. The summed E-state index contributed by atoms with van der Waals surface area (Å²) in [5.41, 5.74) is -0.935. The maximum absolute atomic E-state index is 17.1. The van der Waals surface area contributed by atoms with E-state index in [4.69, 9.17) is 14.2 Å². The summed E-state index contributed by atoms with van der Waals surface area (Å²) in [4.78, 5) is 41.5. The fraction of sp³-hybridized carbons (Fsp3) is 0.439. The number of alkyl carbamates (subject to hydrolysis) is 1. The Kier molecular flexibility index (Phi) is 12.0. The second kappa shape index (κ2) is 16.8. The van der Waals surface area contributed by atoms with Gasteiger partial charge in [-0.3, -0.25) is 14.6 Å². The first-order valence-corrected chi connectivity index (χ1v) is 19.2. The summed E-state index contributed by atoms with van der Waals surface area (Å²) >= 11 is 0. The number of hydrogen-bond acceptors (Lipinski definition) is 11. The van der Waals surface area contributed by atoms with Crippen LogP contribution in [0.4, 0.5) is 28.2 Å². The zero-order valence-electron chi connectivity index (χ0n) is 32.5. The molecule has 59 heavy (non-hydrogen) atoms. The molecule has 3 aromatic heterocycles. The van der Waals surface area contributed by atoms with Crippen LogP contribution in [0.1, 0.15) is 50.3 Å². The second-order valence-corrected chi connectivity index (χ2v) is 15.7. The topological polar surface area (TPSA) is 137 Å². The SMILES string of the molecule is C[C@@]12C[C@@H](F)CN(C1)c1nc(OC[C@@]34CCCN3C[C@H](F)C4)nc3c(F)c(ncc13)-c1cc(O[C-]=O)cc3ccc(F)c(c13)CCCOC(=O)N2.[CH2-]c1ccn(C)n1.[Mn+2]. The van der Waals surface area contributed by atoms with E-state index in [-0.39, 0.29) is 114 Å². The molecule has 6 bridgehead atoms. The van der Waals surface area contributed by atoms with Gasteiger partial charge in [0.05, 0.1) is 29.6 Å². The third-order valence-corrected chi connectivity index (χ3v) is 11.3. The number of piperidine rings is 1. The van der Waals surface area contributed by atoms with Crippen molar-refractivity contribution in [2.75, 3.05) is 44.3 Å². The average molecular weight is 858 g/mol. The van der Waals surface area contributed by atoms with Gasteiger partial charge in [0.25, 0.3) is 0 Å². The van der Waals surface area contributed by atoms with Crippen molar-refractivity contribution in [3.8, 4) is 23.0 Å². The van der Waals surface area contributed by atoms with E-state index in [0.717, 1.165) is 18.7 Å². The van der Waals surface area contributed by atoms with Gasteiger partial charge >= 0.3 is 29.2 Å². The molecule has 0 unspecified atom stereocenters. The van der Waals surface area contributed by atoms with E-state index in [2.05, 4.69) is 37.2 Å². The van der Waals surface area contributed by atoms with Crippen LogP contribution in [-0.2, 0) is 40.1 Å². The van der Waals surface area contributed by atoms with Crippen LogP contribution < -0.4 is 19.7 Å². The van der Waals surface area contributed by atoms with Crippen LogP contribution >= 0.6 is 0 Å². The largest absolute Gasteiger partial charge is 2.00 e. The number of alkyl halides is 2. The van der Waals surface area contributed by atoms with Gasteiger partial charge in [0, 0.05) is 39.2 Å². The molecule has 10 rings (SSSR count). The molecule has 3 saturated heterocycles. The second-order valence-electron chi connectivity index (χ2n) is 15.7. The molecule has 5 aliphatic rings. The molecule has 311 valence electrons. The fourth-order valence-corrected chi connectivity index (χ4v) is 8.94. The van der Waals surface area contributed by atoms with Crippen molar-refractivity contribution in [1.29, 1.82) is 0 Å². The Morgan fingerprint density at radius 2 is 1.92 bits per heavy atom. The Balaban J connectivity index is 0.000000600. The molecular weight excluding hydrogens is 815 g/mol. The number of nitrogens with one attached hydrogen (secondary N) is 1. The molecule has 1 radical (unpaired) electrons. The first kappa shape index (κ1) is 42.0. The number of pyridine rings is 1. The van der Waals surface area contributed by atoms with Gasteiger partial charge in [-0.1, -0.05) is 30.1 Å². The summed E-state index contributed by atoms with van der Waals surface area (Å²) in [6.07, 6.45) is 2.21. The summed E-state index contributed by atoms with van der Waals surface area (Å²) in [5.74, 6) is -1.32. The number of benzene rings is 2. The van der Waals surface area contributed by atoms with Crippen molar-refractivity contribution >= 4 is 40.1 Å². The molecule has 1 amide bonds. The monoisotopic (exact) mass is 857 g/mol. The zero-order chi connectivity index (χ0) is 40.8. The summed E-state index contributed by atoms with van der Waals surface area (Å²) in [6, 6.07) is 7.27. The van der Waals surface area contributed by atoms with Gasteiger partial charge in [-0.05, 0) is 72.9 Å². The minimum atomic E-state index is -1.41. The number of carbonyl (C=O) groups excluding carboxylic acids is 2. The average Bonchev–Trinajstić information content (AvgIpc) is 3.84. The smallest absolute Gasteiger partial charge is 0.610 e. The van der Waals surface area contributed by atoms with Crippen LogP contribution in [0.25, 0.3) is 32.9 Å². The molecule has 2 aromatic carbocycles. The normalized spacial score (nSPS) is 24.1. The quantitative estimate of drug-likeness (QED) is 0.125. The molecule has 3 fully saturated rings. The third kappa shape index (κ3) is 8.48. The van der Waals surface area contributed by atoms with E-state index >= 15 is 13.2 Å². The number of carbonyl (C=O) groups is 1. The number of fused-ring (bicyclic) bond motifs is 7. The minimum absolute atomic E-state index is 0. The summed E-state index contributed by atoms with van der Waals surface area (Å²) in [5, 5.41) is 7.59. The molecule has 4 atom stereocenters. The zero-order valence-corrected chi connectivity index (χ0v) is 33.6. The first-order chi connectivity index (χ1) is 27.8. The molecular formula is C41H42F4MnN8O5. The van der Waals surface area contributed by atoms with E-state index in [1.54, 1.807) is 16.5 Å². The summed E-state index contributed by atoms with van der Waals surface area (Å²) < 4.78 is 81.2. The van der Waals surface area contributed by atoms with Crippen molar-refractivity contribution in [3.05, 3.63) is 72.5 Å². The van der Waals surface area contributed by atoms with Crippen molar-refractivity contribution in [1.82, 2.24) is 34.9 Å². The number of halogens is 4. The van der Waals surface area contributed by atoms with Crippen molar-refractivity contribution in [2.45, 2.75) is 68.9 Å². The van der Waals surface area contributed by atoms with Crippen molar-refractivity contribution in [2.24, 2.45) is 7.05 Å². The van der Waals surface area contributed by atoms with E-state index in [9.17, 15) is 14.0 Å². The number of aryl methyl sites for hydroxylation is 2. The maximum Gasteiger partial charge on any atom is 2.00 e. The number of anilines is 1. The molecule has 8 heterocycles. The Morgan fingerprint density at radius 1 is 1.10 bits per heavy atom. The molecule has 5 aromatic rings. The van der Waals surface area contributed by atoms with Crippen molar-refractivity contribution in [3.63, 3.8) is 0 Å². The number of amides is 1. The number of ether oxygens (including phenoxy) is 3. The van der Waals surface area contributed by atoms with Gasteiger partial charge in [-0.25, -0.2) is 34.4 Å². The van der Waals surface area contributed by atoms with E-state index in [1.165, 1.54) is 36.9 Å². The third-order valence-electron chi connectivity index (χ3n) is 11.3. The molecule has 0 saturated carbocycles. The molecule has 0 spiro atoms. The predicted octanol–water partition coefficient (Wildman–Crippen LogP) is 6.10. The van der Waals surface area contributed by atoms with Crippen molar-refractivity contribution < 1.29 is 58.4 Å². The Bertz CT molecular complexity index is 2370. The number of rotatable bonds is 5. The number of nitrogens with zero attached hydrogens (tertiary/aromatic N) is 7. The molecule has 18 heteroatoms. The van der Waals surface area contributed by atoms with Gasteiger partial charge in [0.15, 0.2) is 12.3 Å². The first-order valence-electron chi connectivity index (χ1n) is 19.2. The van der Waals surface area contributed by atoms with Crippen LogP contribution in [0.15, 0.2) is 42.7 Å². The number of hydrogen-bond donors (Lipinski definition) is 1. The van der Waals surface area contributed by atoms with Gasteiger partial charge < -0.3 is 29.2 Å². The fourth-order valence-electron chi connectivity index (χ4n) is 8.94. The van der Waals surface area contributed by atoms with Gasteiger partial charge in [0.1, 0.15) is 41.8 Å². The van der Waals surface area contributed by atoms with Crippen LogP contribution in [0.3, 0.4) is 0 Å². The van der Waals surface area contributed by atoms with E-state index in [1.807, 2.05) is 19.3 Å². The Labute approximate surface area is 348 Å². The summed E-state index contributed by atoms with van der Waals surface area (Å²) in [7, 11) is 1.87. The van der Waals surface area contributed by atoms with Crippen LogP contribution in [0.5, 0.6) is 11.8 Å². The van der Waals surface area contributed by atoms with Crippen LogP contribution in [0.2, 0.25) is 0 Å².